The monoisotopic (exact) mass is 284 g/mol. The number of carbonyl (C=O) groups excluding carboxylic acids is 1. The molecule has 0 aromatic rings. The van der Waals surface area contributed by atoms with Crippen molar-refractivity contribution in [3.63, 3.8) is 0 Å². The fraction of sp³-hybridized carbons (Fsp3) is 0.933. The Morgan fingerprint density at radius 2 is 1.65 bits per heavy atom. The summed E-state index contributed by atoms with van der Waals surface area (Å²) in [5, 5.41) is 0. The van der Waals surface area contributed by atoms with Crippen LogP contribution in [0.15, 0.2) is 0 Å². The molecule has 2 heterocycles. The maximum Gasteiger partial charge on any atom is 0.236 e. The Bertz CT molecular complexity index is 300. The number of hydrogen-bond acceptors (Lipinski definition) is 4. The predicted molar refractivity (Wildman–Crippen MR) is 77.5 cm³/mol. The molecule has 2 saturated heterocycles. The first-order valence-electron chi connectivity index (χ1n) is 7.97. The normalized spacial score (nSPS) is 21.9. The lowest BCUT2D eigenvalue weighted by Gasteiger charge is -2.38. The number of amides is 1. The molecule has 0 aromatic heterocycles. The van der Waals surface area contributed by atoms with Gasteiger partial charge in [0.05, 0.1) is 19.8 Å². The molecular formula is C15H28N2O3. The highest BCUT2D eigenvalue weighted by atomic mass is 16.7. The standard InChI is InChI=1S/C15H28N2O3/c1-3-7-16(8-4-2)13-14(18)17-9-5-15(6-10-17)19-11-12-20-15/h3-13H2,1-2H3. The predicted octanol–water partition coefficient (Wildman–Crippen LogP) is 1.47. The van der Waals surface area contributed by atoms with E-state index in [1.54, 1.807) is 0 Å². The van der Waals surface area contributed by atoms with Crippen molar-refractivity contribution < 1.29 is 14.3 Å². The molecule has 1 amide bonds. The van der Waals surface area contributed by atoms with Crippen LogP contribution in [0.4, 0.5) is 0 Å². The van der Waals surface area contributed by atoms with Gasteiger partial charge in [-0.3, -0.25) is 9.69 Å². The second kappa shape index (κ2) is 7.38. The molecule has 5 nitrogen and oxygen atoms in total. The van der Waals surface area contributed by atoms with Crippen LogP contribution in [0.1, 0.15) is 39.5 Å². The largest absolute Gasteiger partial charge is 0.347 e. The maximum absolute atomic E-state index is 12.4. The molecule has 0 saturated carbocycles. The van der Waals surface area contributed by atoms with E-state index in [4.69, 9.17) is 9.47 Å². The summed E-state index contributed by atoms with van der Waals surface area (Å²) >= 11 is 0. The van der Waals surface area contributed by atoms with Crippen LogP contribution in [-0.4, -0.2) is 67.4 Å². The van der Waals surface area contributed by atoms with Crippen LogP contribution in [0, 0.1) is 0 Å². The van der Waals surface area contributed by atoms with Gasteiger partial charge in [-0.2, -0.15) is 0 Å². The fourth-order valence-corrected chi connectivity index (χ4v) is 3.08. The molecule has 0 aliphatic carbocycles. The van der Waals surface area contributed by atoms with Crippen LogP contribution in [0.25, 0.3) is 0 Å². The van der Waals surface area contributed by atoms with Gasteiger partial charge in [0, 0.05) is 25.9 Å². The SMILES string of the molecule is CCCN(CCC)CC(=O)N1CCC2(CC1)OCCO2. The van der Waals surface area contributed by atoms with E-state index in [2.05, 4.69) is 18.7 Å². The van der Waals surface area contributed by atoms with E-state index in [-0.39, 0.29) is 11.7 Å². The average molecular weight is 284 g/mol. The van der Waals surface area contributed by atoms with E-state index in [1.807, 2.05) is 4.90 Å². The highest BCUT2D eigenvalue weighted by Gasteiger charge is 2.40. The lowest BCUT2D eigenvalue weighted by molar-refractivity contribution is -0.187. The molecule has 116 valence electrons. The number of likely N-dealkylation sites (tertiary alicyclic amines) is 1. The summed E-state index contributed by atoms with van der Waals surface area (Å²) in [6.07, 6.45) is 3.80. The topological polar surface area (TPSA) is 42.0 Å². The second-order valence-corrected chi connectivity index (χ2v) is 5.76. The van der Waals surface area contributed by atoms with Crippen LogP contribution in [-0.2, 0) is 14.3 Å². The van der Waals surface area contributed by atoms with E-state index in [0.29, 0.717) is 19.8 Å². The summed E-state index contributed by atoms with van der Waals surface area (Å²) in [5.74, 6) is -0.136. The van der Waals surface area contributed by atoms with Gasteiger partial charge in [0.15, 0.2) is 5.79 Å². The van der Waals surface area contributed by atoms with Crippen LogP contribution < -0.4 is 0 Å². The first-order valence-corrected chi connectivity index (χ1v) is 7.97. The van der Waals surface area contributed by atoms with Crippen molar-refractivity contribution in [1.29, 1.82) is 0 Å². The first-order chi connectivity index (χ1) is 9.69. The first kappa shape index (κ1) is 15.7. The number of ether oxygens (including phenoxy) is 2. The Hall–Kier alpha value is -0.650. The van der Waals surface area contributed by atoms with E-state index in [1.165, 1.54) is 0 Å². The van der Waals surface area contributed by atoms with Crippen LogP contribution in [0.3, 0.4) is 0 Å². The lowest BCUT2D eigenvalue weighted by atomic mass is 10.0. The van der Waals surface area contributed by atoms with Gasteiger partial charge in [-0.05, 0) is 25.9 Å². The maximum atomic E-state index is 12.4. The summed E-state index contributed by atoms with van der Waals surface area (Å²) in [5.41, 5.74) is 0. The molecule has 0 bridgehead atoms. The van der Waals surface area contributed by atoms with Crippen molar-refractivity contribution in [3.05, 3.63) is 0 Å². The Morgan fingerprint density at radius 1 is 1.10 bits per heavy atom. The van der Waals surface area contributed by atoms with Gasteiger partial charge < -0.3 is 14.4 Å². The molecular weight excluding hydrogens is 256 g/mol. The molecule has 1 spiro atoms. The van der Waals surface area contributed by atoms with E-state index in [9.17, 15) is 4.79 Å². The Balaban J connectivity index is 1.78. The van der Waals surface area contributed by atoms with Crippen LogP contribution in [0.2, 0.25) is 0 Å². The highest BCUT2D eigenvalue weighted by Crippen LogP contribution is 2.31. The van der Waals surface area contributed by atoms with E-state index < -0.39 is 0 Å². The van der Waals surface area contributed by atoms with Gasteiger partial charge >= 0.3 is 0 Å². The zero-order valence-corrected chi connectivity index (χ0v) is 12.9. The smallest absolute Gasteiger partial charge is 0.236 e. The third-order valence-corrected chi connectivity index (χ3v) is 4.13. The molecule has 0 N–H and O–H groups in total. The van der Waals surface area contributed by atoms with Gasteiger partial charge in [-0.15, -0.1) is 0 Å². The zero-order chi connectivity index (χ0) is 14.4. The van der Waals surface area contributed by atoms with Gasteiger partial charge in [0.2, 0.25) is 5.91 Å². The van der Waals surface area contributed by atoms with E-state index in [0.717, 1.165) is 51.9 Å². The third-order valence-electron chi connectivity index (χ3n) is 4.13. The fourth-order valence-electron chi connectivity index (χ4n) is 3.08. The minimum absolute atomic E-state index is 0.250. The number of rotatable bonds is 6. The van der Waals surface area contributed by atoms with Crippen molar-refractivity contribution in [3.8, 4) is 0 Å². The number of hydrogen-bond donors (Lipinski definition) is 0. The molecule has 2 rings (SSSR count). The van der Waals surface area contributed by atoms with Crippen molar-refractivity contribution in [2.24, 2.45) is 0 Å². The summed E-state index contributed by atoms with van der Waals surface area (Å²) in [6.45, 7) is 9.77. The molecule has 0 atom stereocenters. The Labute approximate surface area is 122 Å². The number of carbonyl (C=O) groups is 1. The molecule has 2 aliphatic rings. The van der Waals surface area contributed by atoms with Gasteiger partial charge in [-0.25, -0.2) is 0 Å². The summed E-state index contributed by atoms with van der Waals surface area (Å²) < 4.78 is 11.4. The molecule has 0 aromatic carbocycles. The quantitative estimate of drug-likeness (QED) is 0.741. The van der Waals surface area contributed by atoms with Crippen LogP contribution in [0.5, 0.6) is 0 Å². The number of piperidine rings is 1. The van der Waals surface area contributed by atoms with Crippen LogP contribution >= 0.6 is 0 Å². The van der Waals surface area contributed by atoms with Crippen molar-refractivity contribution in [1.82, 2.24) is 9.80 Å². The molecule has 20 heavy (non-hydrogen) atoms. The third kappa shape index (κ3) is 3.93. The zero-order valence-electron chi connectivity index (χ0n) is 12.9. The molecule has 2 aliphatic heterocycles. The molecule has 5 heteroatoms. The Kier molecular flexibility index (Phi) is 5.81. The molecule has 2 fully saturated rings. The minimum atomic E-state index is -0.386. The van der Waals surface area contributed by atoms with Crippen molar-refractivity contribution in [2.45, 2.75) is 45.3 Å². The van der Waals surface area contributed by atoms with E-state index >= 15 is 0 Å². The summed E-state index contributed by atoms with van der Waals surface area (Å²) in [7, 11) is 0. The van der Waals surface area contributed by atoms with Gasteiger partial charge in [0.25, 0.3) is 0 Å². The highest BCUT2D eigenvalue weighted by molar-refractivity contribution is 5.78. The number of nitrogens with zero attached hydrogens (tertiary/aromatic N) is 2. The molecule has 0 radical (unpaired) electrons. The second-order valence-electron chi connectivity index (χ2n) is 5.76. The summed E-state index contributed by atoms with van der Waals surface area (Å²) in [6, 6.07) is 0. The Morgan fingerprint density at radius 3 is 2.15 bits per heavy atom. The summed E-state index contributed by atoms with van der Waals surface area (Å²) in [4.78, 5) is 16.6. The average Bonchev–Trinajstić information content (AvgIpc) is 2.88. The minimum Gasteiger partial charge on any atom is -0.347 e. The lowest BCUT2D eigenvalue weighted by Crippen LogP contribution is -2.50. The van der Waals surface area contributed by atoms with Crippen molar-refractivity contribution >= 4 is 5.91 Å². The van der Waals surface area contributed by atoms with Gasteiger partial charge in [-0.1, -0.05) is 13.8 Å². The molecule has 0 unspecified atom stereocenters. The van der Waals surface area contributed by atoms with Gasteiger partial charge in [0.1, 0.15) is 0 Å². The van der Waals surface area contributed by atoms with Crippen molar-refractivity contribution in [2.75, 3.05) is 45.9 Å².